The van der Waals surface area contributed by atoms with E-state index in [0.717, 1.165) is 23.7 Å². The molecular weight excluding hydrogens is 254 g/mol. The van der Waals surface area contributed by atoms with Crippen molar-refractivity contribution in [3.8, 4) is 0 Å². The lowest BCUT2D eigenvalue weighted by Gasteiger charge is -2.21. The second-order valence-electron chi connectivity index (χ2n) is 5.80. The second-order valence-corrected chi connectivity index (χ2v) is 5.80. The molecule has 0 radical (unpaired) electrons. The quantitative estimate of drug-likeness (QED) is 0.706. The summed E-state index contributed by atoms with van der Waals surface area (Å²) in [6.45, 7) is 4.76. The van der Waals surface area contributed by atoms with Crippen LogP contribution in [0.25, 0.3) is 10.9 Å². The average molecular weight is 275 g/mol. The number of hydrogen-bond acceptors (Lipinski definition) is 3. The Balaban J connectivity index is 1.90. The van der Waals surface area contributed by atoms with Gasteiger partial charge < -0.3 is 10.4 Å². The van der Waals surface area contributed by atoms with Crippen molar-refractivity contribution in [3.63, 3.8) is 0 Å². The van der Waals surface area contributed by atoms with Crippen LogP contribution < -0.4 is 5.32 Å². The monoisotopic (exact) mass is 275 g/mol. The number of nitrogens with one attached hydrogen (secondary N) is 2. The van der Waals surface area contributed by atoms with Crippen LogP contribution in [0.1, 0.15) is 37.2 Å². The predicted octanol–water partition coefficient (Wildman–Crippen LogP) is 2.09. The van der Waals surface area contributed by atoms with Gasteiger partial charge in [0.2, 0.25) is 0 Å². The minimum Gasteiger partial charge on any atom is -0.396 e. The van der Waals surface area contributed by atoms with Gasteiger partial charge in [-0.05, 0) is 24.3 Å². The Hall–Kier alpha value is -1.88. The number of fused-ring (bicyclic) bond motifs is 1. The van der Waals surface area contributed by atoms with Gasteiger partial charge in [0, 0.05) is 18.5 Å². The summed E-state index contributed by atoms with van der Waals surface area (Å²) in [5.74, 6) is -0.163. The van der Waals surface area contributed by atoms with Gasteiger partial charge in [-0.25, -0.2) is 0 Å². The zero-order chi connectivity index (χ0) is 14.6. The molecule has 0 saturated carbocycles. The SMILES string of the molecule is CC(C)(CO)CCCNC(=O)c1n[nH]c2ccccc12. The molecule has 0 aliphatic heterocycles. The summed E-state index contributed by atoms with van der Waals surface area (Å²) in [6.07, 6.45) is 1.70. The first-order valence-electron chi connectivity index (χ1n) is 6.86. The van der Waals surface area contributed by atoms with Crippen LogP contribution in [0.5, 0.6) is 0 Å². The third-order valence-electron chi connectivity index (χ3n) is 3.43. The number of rotatable bonds is 6. The Labute approximate surface area is 118 Å². The molecule has 20 heavy (non-hydrogen) atoms. The molecule has 5 heteroatoms. The molecule has 2 aromatic rings. The lowest BCUT2D eigenvalue weighted by atomic mass is 9.89. The molecule has 1 aromatic heterocycles. The number of hydrogen-bond donors (Lipinski definition) is 3. The standard InChI is InChI=1S/C15H21N3O2/c1-15(2,10-19)8-5-9-16-14(20)13-11-6-3-4-7-12(11)17-18-13/h3-4,6-7,19H,5,8-10H2,1-2H3,(H,16,20)(H,17,18). The zero-order valence-corrected chi connectivity index (χ0v) is 11.9. The van der Waals surface area contributed by atoms with Gasteiger partial charge in [-0.1, -0.05) is 32.0 Å². The highest BCUT2D eigenvalue weighted by Gasteiger charge is 2.17. The van der Waals surface area contributed by atoms with Crippen LogP contribution in [-0.4, -0.2) is 34.4 Å². The first-order chi connectivity index (χ1) is 9.53. The molecule has 0 bridgehead atoms. The largest absolute Gasteiger partial charge is 0.396 e. The molecule has 3 N–H and O–H groups in total. The minimum absolute atomic E-state index is 0.0935. The topological polar surface area (TPSA) is 78.0 Å². The van der Waals surface area contributed by atoms with Gasteiger partial charge in [0.1, 0.15) is 0 Å². The highest BCUT2D eigenvalue weighted by Crippen LogP contribution is 2.20. The summed E-state index contributed by atoms with van der Waals surface area (Å²) in [5.41, 5.74) is 1.20. The molecule has 0 fully saturated rings. The van der Waals surface area contributed by atoms with Gasteiger partial charge in [-0.2, -0.15) is 5.10 Å². The van der Waals surface area contributed by atoms with Crippen LogP contribution in [0.2, 0.25) is 0 Å². The molecule has 1 aromatic carbocycles. The molecule has 0 spiro atoms. The van der Waals surface area contributed by atoms with Gasteiger partial charge in [0.15, 0.2) is 5.69 Å². The summed E-state index contributed by atoms with van der Waals surface area (Å²) in [6, 6.07) is 7.56. The van der Waals surface area contributed by atoms with Crippen LogP contribution in [0.4, 0.5) is 0 Å². The molecule has 1 amide bonds. The van der Waals surface area contributed by atoms with Crippen LogP contribution in [0, 0.1) is 5.41 Å². The lowest BCUT2D eigenvalue weighted by Crippen LogP contribution is -2.26. The number of carbonyl (C=O) groups excluding carboxylic acids is 1. The minimum atomic E-state index is -0.163. The predicted molar refractivity (Wildman–Crippen MR) is 78.5 cm³/mol. The van der Waals surface area contributed by atoms with Crippen molar-refractivity contribution in [1.29, 1.82) is 0 Å². The molecule has 108 valence electrons. The number of aromatic amines is 1. The first-order valence-corrected chi connectivity index (χ1v) is 6.86. The molecule has 1 heterocycles. The van der Waals surface area contributed by atoms with E-state index in [2.05, 4.69) is 15.5 Å². The number of para-hydroxylation sites is 1. The van der Waals surface area contributed by atoms with Crippen LogP contribution >= 0.6 is 0 Å². The van der Waals surface area contributed by atoms with E-state index in [0.29, 0.717) is 12.2 Å². The number of benzene rings is 1. The Bertz CT molecular complexity index is 590. The molecule has 0 aliphatic rings. The highest BCUT2D eigenvalue weighted by atomic mass is 16.3. The maximum atomic E-state index is 12.1. The van der Waals surface area contributed by atoms with Crippen LogP contribution in [0.3, 0.4) is 0 Å². The molecule has 0 saturated heterocycles. The number of aromatic nitrogens is 2. The molecule has 0 unspecified atom stereocenters. The zero-order valence-electron chi connectivity index (χ0n) is 11.9. The Morgan fingerprint density at radius 2 is 2.15 bits per heavy atom. The van der Waals surface area contributed by atoms with Crippen molar-refractivity contribution in [1.82, 2.24) is 15.5 Å². The Kier molecular flexibility index (Phi) is 4.39. The Morgan fingerprint density at radius 3 is 2.90 bits per heavy atom. The maximum absolute atomic E-state index is 12.1. The summed E-state index contributed by atoms with van der Waals surface area (Å²) in [4.78, 5) is 12.1. The molecule has 2 rings (SSSR count). The van der Waals surface area contributed by atoms with E-state index >= 15 is 0 Å². The number of amides is 1. The van der Waals surface area contributed by atoms with E-state index in [4.69, 9.17) is 5.11 Å². The molecule has 0 atom stereocenters. The number of aliphatic hydroxyl groups excluding tert-OH is 1. The van der Waals surface area contributed by atoms with E-state index in [1.165, 1.54) is 0 Å². The van der Waals surface area contributed by atoms with E-state index in [-0.39, 0.29) is 17.9 Å². The number of carbonyl (C=O) groups is 1. The second kappa shape index (κ2) is 6.05. The van der Waals surface area contributed by atoms with Crippen molar-refractivity contribution in [3.05, 3.63) is 30.0 Å². The molecule has 0 aliphatic carbocycles. The van der Waals surface area contributed by atoms with Gasteiger partial charge in [0.05, 0.1) is 5.52 Å². The normalized spacial score (nSPS) is 11.8. The summed E-state index contributed by atoms with van der Waals surface area (Å²) >= 11 is 0. The van der Waals surface area contributed by atoms with Gasteiger partial charge in [-0.15, -0.1) is 0 Å². The smallest absolute Gasteiger partial charge is 0.272 e. The van der Waals surface area contributed by atoms with Crippen molar-refractivity contribution < 1.29 is 9.90 Å². The average Bonchev–Trinajstić information content (AvgIpc) is 2.87. The van der Waals surface area contributed by atoms with Gasteiger partial charge in [0.25, 0.3) is 5.91 Å². The number of aliphatic hydroxyl groups is 1. The number of nitrogens with zero attached hydrogens (tertiary/aromatic N) is 1. The fraction of sp³-hybridized carbons (Fsp3) is 0.467. The van der Waals surface area contributed by atoms with Crippen LogP contribution in [0.15, 0.2) is 24.3 Å². The van der Waals surface area contributed by atoms with E-state index in [1.54, 1.807) is 0 Å². The van der Waals surface area contributed by atoms with Gasteiger partial charge in [-0.3, -0.25) is 9.89 Å². The van der Waals surface area contributed by atoms with E-state index in [9.17, 15) is 4.79 Å². The fourth-order valence-corrected chi connectivity index (χ4v) is 2.07. The summed E-state index contributed by atoms with van der Waals surface area (Å²) in [7, 11) is 0. The van der Waals surface area contributed by atoms with Gasteiger partial charge >= 0.3 is 0 Å². The summed E-state index contributed by atoms with van der Waals surface area (Å²) in [5, 5.41) is 19.8. The maximum Gasteiger partial charge on any atom is 0.272 e. The van der Waals surface area contributed by atoms with Crippen molar-refractivity contribution in [2.24, 2.45) is 5.41 Å². The molecular formula is C15H21N3O2. The first kappa shape index (κ1) is 14.5. The Morgan fingerprint density at radius 1 is 1.40 bits per heavy atom. The van der Waals surface area contributed by atoms with Crippen molar-refractivity contribution in [2.45, 2.75) is 26.7 Å². The van der Waals surface area contributed by atoms with E-state index < -0.39 is 0 Å². The molecule has 5 nitrogen and oxygen atoms in total. The fourth-order valence-electron chi connectivity index (χ4n) is 2.07. The van der Waals surface area contributed by atoms with Crippen LogP contribution in [-0.2, 0) is 0 Å². The van der Waals surface area contributed by atoms with E-state index in [1.807, 2.05) is 38.1 Å². The van der Waals surface area contributed by atoms with Crippen molar-refractivity contribution >= 4 is 16.8 Å². The highest BCUT2D eigenvalue weighted by molar-refractivity contribution is 6.04. The third kappa shape index (κ3) is 3.36. The lowest BCUT2D eigenvalue weighted by molar-refractivity contribution is 0.0945. The third-order valence-corrected chi connectivity index (χ3v) is 3.43. The number of H-pyrrole nitrogens is 1. The summed E-state index contributed by atoms with van der Waals surface area (Å²) < 4.78 is 0. The van der Waals surface area contributed by atoms with Crippen molar-refractivity contribution in [2.75, 3.05) is 13.2 Å².